The van der Waals surface area contributed by atoms with Gasteiger partial charge >= 0.3 is 0 Å². The monoisotopic (exact) mass is 398 g/mol. The molecule has 0 radical (unpaired) electrons. The molecule has 3 atom stereocenters. The predicted octanol–water partition coefficient (Wildman–Crippen LogP) is 3.95. The average molecular weight is 399 g/mol. The van der Waals surface area contributed by atoms with Crippen LogP contribution < -0.4 is 5.32 Å². The van der Waals surface area contributed by atoms with Crippen LogP contribution in [0.2, 0.25) is 5.02 Å². The van der Waals surface area contributed by atoms with Crippen molar-refractivity contribution in [1.29, 1.82) is 0 Å². The number of carbonyl (C=O) groups excluding carboxylic acids is 1. The van der Waals surface area contributed by atoms with Crippen LogP contribution in [0.15, 0.2) is 54.6 Å². The summed E-state index contributed by atoms with van der Waals surface area (Å²) in [6.07, 6.45) is 0.993. The van der Waals surface area contributed by atoms with Gasteiger partial charge in [0.2, 0.25) is 5.91 Å². The Morgan fingerprint density at radius 1 is 1.11 bits per heavy atom. The first-order valence-corrected chi connectivity index (χ1v) is 10.3. The van der Waals surface area contributed by atoms with Gasteiger partial charge in [0.05, 0.1) is 18.1 Å². The molecule has 0 bridgehead atoms. The molecule has 0 unspecified atom stereocenters. The molecule has 28 heavy (non-hydrogen) atoms. The molecule has 1 amide bonds. The average Bonchev–Trinajstić information content (AvgIpc) is 3.10. The minimum Gasteiger partial charge on any atom is -0.371 e. The van der Waals surface area contributed by atoms with Crippen molar-refractivity contribution in [3.8, 4) is 0 Å². The van der Waals surface area contributed by atoms with Gasteiger partial charge in [-0.15, -0.1) is 0 Å². The zero-order valence-electron chi connectivity index (χ0n) is 16.4. The maximum Gasteiger partial charge on any atom is 0.230 e. The maximum atomic E-state index is 13.0. The third-order valence-corrected chi connectivity index (χ3v) is 6.31. The first-order chi connectivity index (χ1) is 13.4. The van der Waals surface area contributed by atoms with Crippen LogP contribution in [0.3, 0.4) is 0 Å². The molecule has 0 aliphatic carbocycles. The molecule has 2 aliphatic heterocycles. The van der Waals surface area contributed by atoms with E-state index in [0.717, 1.165) is 35.7 Å². The standard InChI is InChI=1S/C23H27ClN2O2/c1-23(2,17-6-4-3-5-7-17)22(27)25-19-12-20-15-28-21(14-26(20)13-19)16-8-10-18(24)11-9-16/h3-11,19-21H,12-15H2,1-2H3,(H,25,27)/t19-,20+,21-/m1/s1. The summed E-state index contributed by atoms with van der Waals surface area (Å²) in [5, 5.41) is 4.02. The van der Waals surface area contributed by atoms with Crippen LogP contribution in [0.5, 0.6) is 0 Å². The highest BCUT2D eigenvalue weighted by Gasteiger charge is 2.40. The van der Waals surface area contributed by atoms with E-state index in [1.165, 1.54) is 0 Å². The quantitative estimate of drug-likeness (QED) is 0.847. The highest BCUT2D eigenvalue weighted by molar-refractivity contribution is 6.30. The fraction of sp³-hybridized carbons (Fsp3) is 0.435. The van der Waals surface area contributed by atoms with Crippen LogP contribution in [0.1, 0.15) is 37.5 Å². The summed E-state index contributed by atoms with van der Waals surface area (Å²) in [6, 6.07) is 18.4. The zero-order valence-corrected chi connectivity index (χ0v) is 17.2. The first-order valence-electron chi connectivity index (χ1n) is 9.91. The van der Waals surface area contributed by atoms with Gasteiger partial charge in [0, 0.05) is 30.2 Å². The minimum absolute atomic E-state index is 0.0590. The molecule has 0 spiro atoms. The number of nitrogens with one attached hydrogen (secondary N) is 1. The van der Waals surface area contributed by atoms with E-state index in [2.05, 4.69) is 10.2 Å². The number of fused-ring (bicyclic) bond motifs is 1. The molecule has 148 valence electrons. The molecule has 2 aromatic rings. The highest BCUT2D eigenvalue weighted by Crippen LogP contribution is 2.31. The van der Waals surface area contributed by atoms with Gasteiger partial charge in [0.25, 0.3) is 0 Å². The second-order valence-corrected chi connectivity index (χ2v) is 8.81. The molecule has 2 fully saturated rings. The number of benzene rings is 2. The van der Waals surface area contributed by atoms with Crippen molar-refractivity contribution in [2.75, 3.05) is 19.7 Å². The van der Waals surface area contributed by atoms with E-state index >= 15 is 0 Å². The number of ether oxygens (including phenoxy) is 1. The lowest BCUT2D eigenvalue weighted by Gasteiger charge is -2.35. The molecule has 2 saturated heterocycles. The van der Waals surface area contributed by atoms with Crippen molar-refractivity contribution in [2.45, 2.75) is 43.9 Å². The van der Waals surface area contributed by atoms with E-state index < -0.39 is 5.41 Å². The van der Waals surface area contributed by atoms with Gasteiger partial charge in [-0.25, -0.2) is 0 Å². The predicted molar refractivity (Wildman–Crippen MR) is 112 cm³/mol. The SMILES string of the molecule is CC(C)(C(=O)N[C@@H]1C[C@H]2CO[C@@H](c3ccc(Cl)cc3)CN2C1)c1ccccc1. The second-order valence-electron chi connectivity index (χ2n) is 8.38. The summed E-state index contributed by atoms with van der Waals surface area (Å²) < 4.78 is 6.11. The Labute approximate surface area is 171 Å². The van der Waals surface area contributed by atoms with Gasteiger partial charge < -0.3 is 10.1 Å². The Balaban J connectivity index is 1.37. The summed E-state index contributed by atoms with van der Waals surface area (Å²) in [5.41, 5.74) is 1.64. The van der Waals surface area contributed by atoms with Crippen LogP contribution in [0, 0.1) is 0 Å². The zero-order chi connectivity index (χ0) is 19.7. The van der Waals surface area contributed by atoms with E-state index in [4.69, 9.17) is 16.3 Å². The van der Waals surface area contributed by atoms with Crippen molar-refractivity contribution in [3.63, 3.8) is 0 Å². The Morgan fingerprint density at radius 2 is 1.82 bits per heavy atom. The lowest BCUT2D eigenvalue weighted by atomic mass is 9.83. The number of carbonyl (C=O) groups is 1. The van der Waals surface area contributed by atoms with Gasteiger partial charge in [-0.3, -0.25) is 9.69 Å². The summed E-state index contributed by atoms with van der Waals surface area (Å²) in [6.45, 7) is 6.39. The molecule has 2 aromatic carbocycles. The summed E-state index contributed by atoms with van der Waals surface area (Å²) in [7, 11) is 0. The number of hydrogen-bond acceptors (Lipinski definition) is 3. The van der Waals surface area contributed by atoms with Crippen LogP contribution in [-0.2, 0) is 14.9 Å². The number of nitrogens with zero attached hydrogens (tertiary/aromatic N) is 1. The lowest BCUT2D eigenvalue weighted by Crippen LogP contribution is -2.46. The fourth-order valence-electron chi connectivity index (χ4n) is 4.21. The van der Waals surface area contributed by atoms with Crippen molar-refractivity contribution in [2.24, 2.45) is 0 Å². The van der Waals surface area contributed by atoms with Gasteiger partial charge in [-0.2, -0.15) is 0 Å². The van der Waals surface area contributed by atoms with E-state index in [9.17, 15) is 4.79 Å². The molecule has 2 heterocycles. The molecule has 4 nitrogen and oxygen atoms in total. The van der Waals surface area contributed by atoms with Crippen LogP contribution in [-0.4, -0.2) is 42.6 Å². The maximum absolute atomic E-state index is 13.0. The molecule has 4 rings (SSSR count). The smallest absolute Gasteiger partial charge is 0.230 e. The van der Waals surface area contributed by atoms with Crippen molar-refractivity contribution in [3.05, 3.63) is 70.7 Å². The number of morpholine rings is 1. The Bertz CT molecular complexity index is 822. The second kappa shape index (κ2) is 7.86. The third kappa shape index (κ3) is 3.95. The van der Waals surface area contributed by atoms with Gasteiger partial charge in [-0.1, -0.05) is 54.1 Å². The van der Waals surface area contributed by atoms with Crippen LogP contribution in [0.25, 0.3) is 0 Å². The Kier molecular flexibility index (Phi) is 5.46. The molecule has 1 N–H and O–H groups in total. The lowest BCUT2D eigenvalue weighted by molar-refractivity contribution is -0.126. The number of rotatable bonds is 4. The van der Waals surface area contributed by atoms with Gasteiger partial charge in [0.15, 0.2) is 0 Å². The molecule has 0 aromatic heterocycles. The molecule has 0 saturated carbocycles. The summed E-state index contributed by atoms with van der Waals surface area (Å²) in [4.78, 5) is 15.4. The molecule has 5 heteroatoms. The van der Waals surface area contributed by atoms with Crippen molar-refractivity contribution in [1.82, 2.24) is 10.2 Å². The van der Waals surface area contributed by atoms with Crippen molar-refractivity contribution >= 4 is 17.5 Å². The van der Waals surface area contributed by atoms with E-state index in [1.807, 2.05) is 68.4 Å². The molecular weight excluding hydrogens is 372 g/mol. The summed E-state index contributed by atoms with van der Waals surface area (Å²) >= 11 is 6.00. The third-order valence-electron chi connectivity index (χ3n) is 6.06. The Morgan fingerprint density at radius 3 is 2.54 bits per heavy atom. The van der Waals surface area contributed by atoms with Gasteiger partial charge in [0.1, 0.15) is 0 Å². The Hall–Kier alpha value is -1.88. The molecule has 2 aliphatic rings. The summed E-state index contributed by atoms with van der Waals surface area (Å²) in [5.74, 6) is 0.0821. The normalized spacial score (nSPS) is 25.3. The van der Waals surface area contributed by atoms with Crippen molar-refractivity contribution < 1.29 is 9.53 Å². The molecular formula is C23H27ClN2O2. The highest BCUT2D eigenvalue weighted by atomic mass is 35.5. The largest absolute Gasteiger partial charge is 0.371 e. The first kappa shape index (κ1) is 19.4. The van der Waals surface area contributed by atoms with E-state index in [1.54, 1.807) is 0 Å². The van der Waals surface area contributed by atoms with Gasteiger partial charge in [-0.05, 0) is 43.5 Å². The van der Waals surface area contributed by atoms with E-state index in [-0.39, 0.29) is 18.1 Å². The van der Waals surface area contributed by atoms with E-state index in [0.29, 0.717) is 12.6 Å². The number of halogens is 1. The van der Waals surface area contributed by atoms with Crippen LogP contribution in [0.4, 0.5) is 0 Å². The minimum atomic E-state index is -0.549. The number of hydrogen-bond donors (Lipinski definition) is 1. The fourth-order valence-corrected chi connectivity index (χ4v) is 4.34. The van der Waals surface area contributed by atoms with Crippen LogP contribution >= 0.6 is 11.6 Å². The topological polar surface area (TPSA) is 41.6 Å². The number of amides is 1.